The summed E-state index contributed by atoms with van der Waals surface area (Å²) in [7, 11) is 0. The fourth-order valence-corrected chi connectivity index (χ4v) is 2.46. The minimum absolute atomic E-state index is 0.216. The van der Waals surface area contributed by atoms with Gasteiger partial charge in [-0.05, 0) is 58.3 Å². The summed E-state index contributed by atoms with van der Waals surface area (Å²) in [5.41, 5.74) is 7.19. The largest absolute Gasteiger partial charge is 0.327 e. The zero-order chi connectivity index (χ0) is 11.0. The molecule has 2 N–H and O–H groups in total. The van der Waals surface area contributed by atoms with Crippen LogP contribution < -0.4 is 5.73 Å². The van der Waals surface area contributed by atoms with Gasteiger partial charge in [0.25, 0.3) is 0 Å². The molecular formula is C12H15BrFN. The Morgan fingerprint density at radius 3 is 2.80 bits per heavy atom. The van der Waals surface area contributed by atoms with Crippen LogP contribution in [0.4, 0.5) is 4.39 Å². The van der Waals surface area contributed by atoms with Crippen LogP contribution in [0.1, 0.15) is 18.9 Å². The molecule has 3 heteroatoms. The Hall–Kier alpha value is -0.410. The van der Waals surface area contributed by atoms with Gasteiger partial charge in [0, 0.05) is 6.04 Å². The lowest BCUT2D eigenvalue weighted by Gasteiger charge is -2.11. The Balaban J connectivity index is 2.01. The van der Waals surface area contributed by atoms with Gasteiger partial charge in [0.1, 0.15) is 5.82 Å². The lowest BCUT2D eigenvalue weighted by atomic mass is 10.0. The summed E-state index contributed by atoms with van der Waals surface area (Å²) in [6.45, 7) is 2.23. The van der Waals surface area contributed by atoms with Crippen molar-refractivity contribution < 1.29 is 4.39 Å². The highest BCUT2D eigenvalue weighted by Gasteiger charge is 2.37. The molecule has 0 bridgehead atoms. The standard InChI is InChI=1S/C12H15BrFN/c1-7-4-9(7)12(15)6-8-2-3-11(14)10(13)5-8/h2-3,5,7,9,12H,4,6,15H2,1H3. The van der Waals surface area contributed by atoms with E-state index in [4.69, 9.17) is 5.73 Å². The van der Waals surface area contributed by atoms with Crippen molar-refractivity contribution in [2.45, 2.75) is 25.8 Å². The van der Waals surface area contributed by atoms with Crippen LogP contribution in [0.25, 0.3) is 0 Å². The summed E-state index contributed by atoms with van der Waals surface area (Å²) in [4.78, 5) is 0. The molecule has 0 heterocycles. The van der Waals surface area contributed by atoms with Gasteiger partial charge in [-0.2, -0.15) is 0 Å². The highest BCUT2D eigenvalue weighted by atomic mass is 79.9. The lowest BCUT2D eigenvalue weighted by Crippen LogP contribution is -2.25. The molecule has 3 unspecified atom stereocenters. The van der Waals surface area contributed by atoms with Gasteiger partial charge in [0.2, 0.25) is 0 Å². The van der Waals surface area contributed by atoms with Crippen molar-refractivity contribution in [1.82, 2.24) is 0 Å². The number of hydrogen-bond donors (Lipinski definition) is 1. The summed E-state index contributed by atoms with van der Waals surface area (Å²) < 4.78 is 13.5. The molecular weight excluding hydrogens is 257 g/mol. The Kier molecular flexibility index (Phi) is 3.12. The Bertz CT molecular complexity index is 367. The molecule has 2 rings (SSSR count). The molecule has 1 fully saturated rings. The Labute approximate surface area is 98.0 Å². The monoisotopic (exact) mass is 271 g/mol. The third-order valence-electron chi connectivity index (χ3n) is 3.18. The SMILES string of the molecule is CC1CC1C(N)Cc1ccc(F)c(Br)c1. The fourth-order valence-electron chi connectivity index (χ4n) is 2.04. The zero-order valence-electron chi connectivity index (χ0n) is 8.71. The van der Waals surface area contributed by atoms with Gasteiger partial charge in [0.15, 0.2) is 0 Å². The van der Waals surface area contributed by atoms with E-state index in [0.717, 1.165) is 17.9 Å². The maximum Gasteiger partial charge on any atom is 0.137 e. The maximum atomic E-state index is 13.0. The van der Waals surface area contributed by atoms with Gasteiger partial charge in [-0.25, -0.2) is 4.39 Å². The van der Waals surface area contributed by atoms with Crippen molar-refractivity contribution in [1.29, 1.82) is 0 Å². The van der Waals surface area contributed by atoms with E-state index in [2.05, 4.69) is 22.9 Å². The second-order valence-electron chi connectivity index (χ2n) is 4.49. The molecule has 0 amide bonds. The molecule has 1 nitrogen and oxygen atoms in total. The average Bonchev–Trinajstić information content (AvgIpc) is 2.89. The minimum Gasteiger partial charge on any atom is -0.327 e. The van der Waals surface area contributed by atoms with E-state index in [1.54, 1.807) is 0 Å². The smallest absolute Gasteiger partial charge is 0.137 e. The number of benzene rings is 1. The predicted molar refractivity (Wildman–Crippen MR) is 63.1 cm³/mol. The summed E-state index contributed by atoms with van der Waals surface area (Å²) >= 11 is 3.18. The minimum atomic E-state index is -0.216. The van der Waals surface area contributed by atoms with Gasteiger partial charge < -0.3 is 5.73 Å². The quantitative estimate of drug-likeness (QED) is 0.898. The van der Waals surface area contributed by atoms with Crippen molar-refractivity contribution in [3.8, 4) is 0 Å². The zero-order valence-corrected chi connectivity index (χ0v) is 10.3. The van der Waals surface area contributed by atoms with Crippen molar-refractivity contribution in [3.05, 3.63) is 34.1 Å². The molecule has 1 aromatic carbocycles. The molecule has 1 saturated carbocycles. The Morgan fingerprint density at radius 2 is 2.27 bits per heavy atom. The van der Waals surface area contributed by atoms with Gasteiger partial charge in [0.05, 0.1) is 4.47 Å². The van der Waals surface area contributed by atoms with Crippen LogP contribution in [0, 0.1) is 17.7 Å². The summed E-state index contributed by atoms with van der Waals surface area (Å²) in [6, 6.07) is 5.34. The first kappa shape index (κ1) is 11.1. The van der Waals surface area contributed by atoms with Crippen molar-refractivity contribution in [3.63, 3.8) is 0 Å². The van der Waals surface area contributed by atoms with Crippen molar-refractivity contribution in [2.75, 3.05) is 0 Å². The van der Waals surface area contributed by atoms with Crippen LogP contribution in [0.5, 0.6) is 0 Å². The van der Waals surface area contributed by atoms with E-state index in [1.165, 1.54) is 12.5 Å². The summed E-state index contributed by atoms with van der Waals surface area (Å²) in [5.74, 6) is 1.21. The third-order valence-corrected chi connectivity index (χ3v) is 3.78. The number of rotatable bonds is 3. The molecule has 0 aromatic heterocycles. The van der Waals surface area contributed by atoms with Crippen LogP contribution in [-0.2, 0) is 6.42 Å². The first-order valence-electron chi connectivity index (χ1n) is 5.27. The predicted octanol–water partition coefficient (Wildman–Crippen LogP) is 3.11. The van der Waals surface area contributed by atoms with E-state index in [1.807, 2.05) is 12.1 Å². The lowest BCUT2D eigenvalue weighted by molar-refractivity contribution is 0.558. The molecule has 0 radical (unpaired) electrons. The van der Waals surface area contributed by atoms with Crippen LogP contribution in [0.15, 0.2) is 22.7 Å². The normalized spacial score (nSPS) is 26.4. The first-order chi connectivity index (χ1) is 7.08. The highest BCUT2D eigenvalue weighted by molar-refractivity contribution is 9.10. The van der Waals surface area contributed by atoms with E-state index in [-0.39, 0.29) is 11.9 Å². The molecule has 3 atom stereocenters. The highest BCUT2D eigenvalue weighted by Crippen LogP contribution is 2.40. The average molecular weight is 272 g/mol. The second kappa shape index (κ2) is 4.22. The maximum absolute atomic E-state index is 13.0. The molecule has 1 aliphatic rings. The molecule has 15 heavy (non-hydrogen) atoms. The van der Waals surface area contributed by atoms with E-state index in [9.17, 15) is 4.39 Å². The molecule has 1 aromatic rings. The van der Waals surface area contributed by atoms with Crippen LogP contribution >= 0.6 is 15.9 Å². The molecule has 1 aliphatic carbocycles. The van der Waals surface area contributed by atoms with Crippen molar-refractivity contribution >= 4 is 15.9 Å². The van der Waals surface area contributed by atoms with Crippen molar-refractivity contribution in [2.24, 2.45) is 17.6 Å². The van der Waals surface area contributed by atoms with E-state index >= 15 is 0 Å². The number of nitrogens with two attached hydrogens (primary N) is 1. The third kappa shape index (κ3) is 2.58. The van der Waals surface area contributed by atoms with E-state index in [0.29, 0.717) is 10.4 Å². The number of hydrogen-bond acceptors (Lipinski definition) is 1. The topological polar surface area (TPSA) is 26.0 Å². The second-order valence-corrected chi connectivity index (χ2v) is 5.35. The summed E-state index contributed by atoms with van der Waals surface area (Å²) in [5, 5.41) is 0. The Morgan fingerprint density at radius 1 is 1.60 bits per heavy atom. The van der Waals surface area contributed by atoms with Crippen LogP contribution in [0.3, 0.4) is 0 Å². The fraction of sp³-hybridized carbons (Fsp3) is 0.500. The van der Waals surface area contributed by atoms with Crippen LogP contribution in [0.2, 0.25) is 0 Å². The van der Waals surface area contributed by atoms with Gasteiger partial charge in [-0.1, -0.05) is 13.0 Å². The molecule has 82 valence electrons. The van der Waals surface area contributed by atoms with Gasteiger partial charge in [-0.3, -0.25) is 0 Å². The molecule has 0 aliphatic heterocycles. The number of halogens is 2. The molecule has 0 saturated heterocycles. The van der Waals surface area contributed by atoms with Crippen LogP contribution in [-0.4, -0.2) is 6.04 Å². The van der Waals surface area contributed by atoms with Gasteiger partial charge in [-0.15, -0.1) is 0 Å². The molecule has 0 spiro atoms. The van der Waals surface area contributed by atoms with Gasteiger partial charge >= 0.3 is 0 Å². The first-order valence-corrected chi connectivity index (χ1v) is 6.06. The summed E-state index contributed by atoms with van der Waals surface area (Å²) in [6.07, 6.45) is 2.08. The van der Waals surface area contributed by atoms with E-state index < -0.39 is 0 Å².